The van der Waals surface area contributed by atoms with E-state index in [1.807, 2.05) is 48.5 Å². The number of aliphatic imine (C=N–C) groups is 2. The fourth-order valence-electron chi connectivity index (χ4n) is 1.65. The fraction of sp³-hybridized carbons (Fsp3) is 0.133. The number of rotatable bonds is 4. The highest BCUT2D eigenvalue weighted by Crippen LogP contribution is 2.15. The lowest BCUT2D eigenvalue weighted by molar-refractivity contribution is 1.07. The normalized spacial score (nSPS) is 9.79. The lowest BCUT2D eigenvalue weighted by Crippen LogP contribution is -1.94. The van der Waals surface area contributed by atoms with Gasteiger partial charge in [-0.3, -0.25) is 0 Å². The summed E-state index contributed by atoms with van der Waals surface area (Å²) < 4.78 is 0. The van der Waals surface area contributed by atoms with Crippen LogP contribution in [0.4, 0.5) is 11.4 Å². The highest BCUT2D eigenvalue weighted by atomic mass is 14.8. The lowest BCUT2D eigenvalue weighted by atomic mass is 10.2. The largest absolute Gasteiger partial charge is 0.326 e. The number of hydrogen-bond donors (Lipinski definition) is 2. The molecular weight excluding hydrogens is 236 g/mol. The van der Waals surface area contributed by atoms with Crippen LogP contribution in [0.25, 0.3) is 0 Å². The van der Waals surface area contributed by atoms with E-state index in [0.717, 1.165) is 22.5 Å². The molecule has 4 N–H and O–H groups in total. The molecule has 0 spiro atoms. The molecule has 0 aliphatic carbocycles. The van der Waals surface area contributed by atoms with Crippen molar-refractivity contribution in [1.82, 2.24) is 0 Å². The molecule has 0 fully saturated rings. The molecule has 2 aromatic carbocycles. The van der Waals surface area contributed by atoms with Crippen molar-refractivity contribution in [2.24, 2.45) is 21.5 Å². The third kappa shape index (κ3) is 3.86. The van der Waals surface area contributed by atoms with Crippen molar-refractivity contribution in [2.45, 2.75) is 13.1 Å². The van der Waals surface area contributed by atoms with Crippen molar-refractivity contribution < 1.29 is 0 Å². The first-order valence-electron chi connectivity index (χ1n) is 6.06. The second kappa shape index (κ2) is 6.61. The Hall–Kier alpha value is -2.26. The van der Waals surface area contributed by atoms with Crippen molar-refractivity contribution in [3.8, 4) is 0 Å². The van der Waals surface area contributed by atoms with Crippen molar-refractivity contribution in [3.63, 3.8) is 0 Å². The van der Waals surface area contributed by atoms with Gasteiger partial charge in [0, 0.05) is 13.1 Å². The van der Waals surface area contributed by atoms with Gasteiger partial charge < -0.3 is 11.5 Å². The molecule has 0 bridgehead atoms. The van der Waals surface area contributed by atoms with Crippen LogP contribution in [-0.2, 0) is 13.1 Å². The first-order valence-corrected chi connectivity index (χ1v) is 6.06. The first-order chi connectivity index (χ1) is 9.31. The van der Waals surface area contributed by atoms with Gasteiger partial charge in [0.05, 0.1) is 11.4 Å². The summed E-state index contributed by atoms with van der Waals surface area (Å²) in [4.78, 5) is 8.32. The zero-order valence-electron chi connectivity index (χ0n) is 10.6. The molecule has 0 radical (unpaired) electrons. The van der Waals surface area contributed by atoms with Gasteiger partial charge in [-0.15, -0.1) is 0 Å². The van der Waals surface area contributed by atoms with E-state index in [0.29, 0.717) is 13.1 Å². The Balaban J connectivity index is 2.18. The van der Waals surface area contributed by atoms with E-state index >= 15 is 0 Å². The van der Waals surface area contributed by atoms with Gasteiger partial charge in [0.15, 0.2) is 0 Å². The molecule has 0 saturated carbocycles. The van der Waals surface area contributed by atoms with E-state index in [1.54, 1.807) is 0 Å². The second-order valence-corrected chi connectivity index (χ2v) is 4.07. The van der Waals surface area contributed by atoms with E-state index in [4.69, 9.17) is 11.5 Å². The Morgan fingerprint density at radius 1 is 0.789 bits per heavy atom. The maximum absolute atomic E-state index is 5.57. The maximum atomic E-state index is 5.57. The van der Waals surface area contributed by atoms with Crippen molar-refractivity contribution in [1.29, 1.82) is 0 Å². The molecule has 0 aliphatic rings. The molecule has 0 aromatic heterocycles. The summed E-state index contributed by atoms with van der Waals surface area (Å²) in [6, 6.07) is 18.0. The predicted molar refractivity (Wildman–Crippen MR) is 77.8 cm³/mol. The average Bonchev–Trinajstić information content (AvgIpc) is 2.48. The Morgan fingerprint density at radius 3 is 1.68 bits per heavy atom. The van der Waals surface area contributed by atoms with Crippen LogP contribution in [-0.4, -0.2) is 6.01 Å². The second-order valence-electron chi connectivity index (χ2n) is 4.07. The zero-order valence-corrected chi connectivity index (χ0v) is 10.6. The Bertz CT molecular complexity index is 562. The fourth-order valence-corrected chi connectivity index (χ4v) is 1.65. The van der Waals surface area contributed by atoms with E-state index < -0.39 is 0 Å². The Morgan fingerprint density at radius 2 is 1.26 bits per heavy atom. The number of hydrogen-bond acceptors (Lipinski definition) is 4. The maximum Gasteiger partial charge on any atom is 0.100 e. The SMILES string of the molecule is NCc1cccc(N=C=Nc2cccc(CN)c2)c1. The van der Waals surface area contributed by atoms with E-state index in [9.17, 15) is 0 Å². The summed E-state index contributed by atoms with van der Waals surface area (Å²) in [5.74, 6) is 0. The van der Waals surface area contributed by atoms with Gasteiger partial charge in [-0.2, -0.15) is 9.98 Å². The molecule has 0 aliphatic heterocycles. The van der Waals surface area contributed by atoms with Crippen LogP contribution in [0.3, 0.4) is 0 Å². The molecule has 0 saturated heterocycles. The molecule has 0 unspecified atom stereocenters. The minimum atomic E-state index is 0.499. The van der Waals surface area contributed by atoms with Gasteiger partial charge in [0.2, 0.25) is 0 Å². The van der Waals surface area contributed by atoms with Gasteiger partial charge >= 0.3 is 0 Å². The zero-order chi connectivity index (χ0) is 13.5. The smallest absolute Gasteiger partial charge is 0.100 e. The molecule has 0 heterocycles. The van der Waals surface area contributed by atoms with Crippen molar-refractivity contribution in [3.05, 3.63) is 59.7 Å². The molecule has 4 nitrogen and oxygen atoms in total. The highest BCUT2D eigenvalue weighted by molar-refractivity contribution is 5.58. The molecule has 96 valence electrons. The van der Waals surface area contributed by atoms with Crippen LogP contribution >= 0.6 is 0 Å². The lowest BCUT2D eigenvalue weighted by Gasteiger charge is -1.96. The number of nitrogens with two attached hydrogens (primary N) is 2. The van der Waals surface area contributed by atoms with Crippen LogP contribution in [0.2, 0.25) is 0 Å². The van der Waals surface area contributed by atoms with Crippen LogP contribution in [0, 0.1) is 0 Å². The molecule has 19 heavy (non-hydrogen) atoms. The summed E-state index contributed by atoms with van der Waals surface area (Å²) in [6.45, 7) is 0.998. The molecule has 2 rings (SSSR count). The summed E-state index contributed by atoms with van der Waals surface area (Å²) >= 11 is 0. The Labute approximate surface area is 112 Å². The third-order valence-electron chi connectivity index (χ3n) is 2.65. The summed E-state index contributed by atoms with van der Waals surface area (Å²) in [5.41, 5.74) is 14.8. The molecule has 0 amide bonds. The first kappa shape index (κ1) is 13.2. The summed E-state index contributed by atoms with van der Waals surface area (Å²) in [6.07, 6.45) is 0. The van der Waals surface area contributed by atoms with Gasteiger partial charge in [0.25, 0.3) is 0 Å². The topological polar surface area (TPSA) is 76.8 Å². The monoisotopic (exact) mass is 252 g/mol. The van der Waals surface area contributed by atoms with Gasteiger partial charge in [0.1, 0.15) is 6.01 Å². The van der Waals surface area contributed by atoms with Gasteiger partial charge in [-0.1, -0.05) is 24.3 Å². The number of nitrogens with zero attached hydrogens (tertiary/aromatic N) is 2. The van der Waals surface area contributed by atoms with Crippen LogP contribution in [0.15, 0.2) is 58.5 Å². The predicted octanol–water partition coefficient (Wildman–Crippen LogP) is 2.74. The molecule has 4 heteroatoms. The van der Waals surface area contributed by atoms with E-state index in [1.165, 1.54) is 0 Å². The minimum Gasteiger partial charge on any atom is -0.326 e. The Kier molecular flexibility index (Phi) is 4.59. The van der Waals surface area contributed by atoms with E-state index in [2.05, 4.69) is 16.0 Å². The quantitative estimate of drug-likeness (QED) is 0.821. The summed E-state index contributed by atoms with van der Waals surface area (Å²) in [5, 5.41) is 0. The van der Waals surface area contributed by atoms with Gasteiger partial charge in [-0.25, -0.2) is 0 Å². The molecule has 2 aromatic rings. The van der Waals surface area contributed by atoms with Gasteiger partial charge in [-0.05, 0) is 35.4 Å². The van der Waals surface area contributed by atoms with E-state index in [-0.39, 0.29) is 0 Å². The highest BCUT2D eigenvalue weighted by Gasteiger charge is 1.92. The van der Waals surface area contributed by atoms with Crippen LogP contribution < -0.4 is 11.5 Å². The molecule has 0 atom stereocenters. The van der Waals surface area contributed by atoms with Crippen molar-refractivity contribution >= 4 is 17.4 Å². The average molecular weight is 252 g/mol. The molecular formula is C15H16N4. The number of benzene rings is 2. The third-order valence-corrected chi connectivity index (χ3v) is 2.65. The summed E-state index contributed by atoms with van der Waals surface area (Å²) in [7, 11) is 0. The van der Waals surface area contributed by atoms with Crippen molar-refractivity contribution in [2.75, 3.05) is 0 Å². The van der Waals surface area contributed by atoms with Crippen LogP contribution in [0.1, 0.15) is 11.1 Å². The standard InChI is InChI=1S/C15H16N4/c16-9-12-3-1-5-14(7-12)18-11-19-15-6-2-4-13(8-15)10-17/h1-8H,9-10,16-17H2. The minimum absolute atomic E-state index is 0.499. The van der Waals surface area contributed by atoms with Crippen LogP contribution in [0.5, 0.6) is 0 Å².